The first kappa shape index (κ1) is 15.5. The summed E-state index contributed by atoms with van der Waals surface area (Å²) in [6.45, 7) is 1.36. The van der Waals surface area contributed by atoms with Crippen molar-refractivity contribution in [1.82, 2.24) is 20.1 Å². The fourth-order valence-electron chi connectivity index (χ4n) is 2.56. The van der Waals surface area contributed by atoms with Crippen molar-refractivity contribution in [1.29, 1.82) is 0 Å². The SMILES string of the molecule is O=C(NCCn1cncn1)[C@@H]1CC(=O)N(c2cccc(Cl)c2)C1. The van der Waals surface area contributed by atoms with Gasteiger partial charge < -0.3 is 10.2 Å². The third-order valence-electron chi connectivity index (χ3n) is 3.72. The molecule has 0 aliphatic carbocycles. The molecule has 3 rings (SSSR count). The zero-order chi connectivity index (χ0) is 16.2. The van der Waals surface area contributed by atoms with Crippen LogP contribution in [0.3, 0.4) is 0 Å². The molecule has 1 atom stereocenters. The van der Waals surface area contributed by atoms with Crippen LogP contribution >= 0.6 is 11.6 Å². The van der Waals surface area contributed by atoms with Crippen LogP contribution in [0.5, 0.6) is 0 Å². The first-order valence-corrected chi connectivity index (χ1v) is 7.67. The molecule has 1 aliphatic rings. The highest BCUT2D eigenvalue weighted by Gasteiger charge is 2.34. The molecular weight excluding hydrogens is 318 g/mol. The fraction of sp³-hybridized carbons (Fsp3) is 0.333. The van der Waals surface area contributed by atoms with Gasteiger partial charge in [-0.15, -0.1) is 0 Å². The van der Waals surface area contributed by atoms with Gasteiger partial charge in [0.15, 0.2) is 0 Å². The van der Waals surface area contributed by atoms with Gasteiger partial charge in [-0.25, -0.2) is 4.98 Å². The minimum atomic E-state index is -0.350. The van der Waals surface area contributed by atoms with Crippen molar-refractivity contribution in [2.24, 2.45) is 5.92 Å². The molecule has 7 nitrogen and oxygen atoms in total. The zero-order valence-electron chi connectivity index (χ0n) is 12.4. The lowest BCUT2D eigenvalue weighted by molar-refractivity contribution is -0.126. The summed E-state index contributed by atoms with van der Waals surface area (Å²) in [5.74, 6) is -0.538. The van der Waals surface area contributed by atoms with Gasteiger partial charge in [-0.05, 0) is 18.2 Å². The van der Waals surface area contributed by atoms with E-state index in [1.807, 2.05) is 6.07 Å². The van der Waals surface area contributed by atoms with E-state index < -0.39 is 0 Å². The van der Waals surface area contributed by atoms with Gasteiger partial charge in [0, 0.05) is 30.2 Å². The Morgan fingerprint density at radius 1 is 1.43 bits per heavy atom. The number of rotatable bonds is 5. The topological polar surface area (TPSA) is 80.1 Å². The van der Waals surface area contributed by atoms with Crippen LogP contribution in [0.25, 0.3) is 0 Å². The van der Waals surface area contributed by atoms with E-state index >= 15 is 0 Å². The van der Waals surface area contributed by atoms with E-state index in [2.05, 4.69) is 15.4 Å². The smallest absolute Gasteiger partial charge is 0.227 e. The van der Waals surface area contributed by atoms with Gasteiger partial charge in [0.05, 0.1) is 12.5 Å². The standard InChI is InChI=1S/C15H16ClN5O2/c16-12-2-1-3-13(7-12)21-8-11(6-14(21)22)15(23)18-4-5-20-10-17-9-19-20/h1-3,7,9-11H,4-6,8H2,(H,18,23)/t11-/m1/s1. The van der Waals surface area contributed by atoms with Crippen LogP contribution in [0.2, 0.25) is 5.02 Å². The number of hydrogen-bond acceptors (Lipinski definition) is 4. The van der Waals surface area contributed by atoms with Gasteiger partial charge >= 0.3 is 0 Å². The number of nitrogens with zero attached hydrogens (tertiary/aromatic N) is 4. The number of aromatic nitrogens is 3. The second-order valence-electron chi connectivity index (χ2n) is 5.33. The molecule has 2 aromatic rings. The van der Waals surface area contributed by atoms with Crippen LogP contribution < -0.4 is 10.2 Å². The summed E-state index contributed by atoms with van der Waals surface area (Å²) in [5, 5.41) is 7.36. The van der Waals surface area contributed by atoms with Crippen LogP contribution in [0.1, 0.15) is 6.42 Å². The molecule has 2 heterocycles. The summed E-state index contributed by atoms with van der Waals surface area (Å²) in [6, 6.07) is 7.08. The van der Waals surface area contributed by atoms with E-state index in [-0.39, 0.29) is 24.2 Å². The van der Waals surface area contributed by atoms with Crippen molar-refractivity contribution in [3.63, 3.8) is 0 Å². The molecule has 23 heavy (non-hydrogen) atoms. The Morgan fingerprint density at radius 3 is 3.04 bits per heavy atom. The largest absolute Gasteiger partial charge is 0.354 e. The van der Waals surface area contributed by atoms with E-state index in [9.17, 15) is 9.59 Å². The lowest BCUT2D eigenvalue weighted by Crippen LogP contribution is -2.34. The van der Waals surface area contributed by atoms with Gasteiger partial charge in [-0.1, -0.05) is 17.7 Å². The Balaban J connectivity index is 1.55. The van der Waals surface area contributed by atoms with Gasteiger partial charge in [0.25, 0.3) is 0 Å². The maximum Gasteiger partial charge on any atom is 0.227 e. The molecule has 8 heteroatoms. The van der Waals surface area contributed by atoms with Gasteiger partial charge in [-0.2, -0.15) is 5.10 Å². The Bertz CT molecular complexity index is 704. The zero-order valence-corrected chi connectivity index (χ0v) is 13.1. The second-order valence-corrected chi connectivity index (χ2v) is 5.77. The number of benzene rings is 1. The molecule has 120 valence electrons. The minimum absolute atomic E-state index is 0.0660. The Kier molecular flexibility index (Phi) is 4.57. The monoisotopic (exact) mass is 333 g/mol. The Morgan fingerprint density at radius 2 is 2.30 bits per heavy atom. The highest BCUT2D eigenvalue weighted by molar-refractivity contribution is 6.30. The average Bonchev–Trinajstić information content (AvgIpc) is 3.16. The number of carbonyl (C=O) groups is 2. The second kappa shape index (κ2) is 6.78. The quantitative estimate of drug-likeness (QED) is 0.888. The highest BCUT2D eigenvalue weighted by Crippen LogP contribution is 2.27. The minimum Gasteiger partial charge on any atom is -0.354 e. The van der Waals surface area contributed by atoms with Crippen molar-refractivity contribution in [2.45, 2.75) is 13.0 Å². The predicted molar refractivity (Wildman–Crippen MR) is 84.9 cm³/mol. The van der Waals surface area contributed by atoms with Crippen LogP contribution in [0, 0.1) is 5.92 Å². The number of amides is 2. The van der Waals surface area contributed by atoms with Crippen LogP contribution in [0.15, 0.2) is 36.9 Å². The number of carbonyl (C=O) groups excluding carboxylic acids is 2. The van der Waals surface area contributed by atoms with E-state index in [0.29, 0.717) is 24.7 Å². The molecule has 0 spiro atoms. The van der Waals surface area contributed by atoms with Crippen molar-refractivity contribution in [2.75, 3.05) is 18.0 Å². The lowest BCUT2D eigenvalue weighted by atomic mass is 10.1. The molecule has 1 N–H and O–H groups in total. The first-order chi connectivity index (χ1) is 11.1. The number of hydrogen-bond donors (Lipinski definition) is 1. The summed E-state index contributed by atoms with van der Waals surface area (Å²) in [6.07, 6.45) is 3.24. The normalized spacial score (nSPS) is 17.5. The maximum absolute atomic E-state index is 12.2. The summed E-state index contributed by atoms with van der Waals surface area (Å²) in [5.41, 5.74) is 0.723. The molecule has 1 aromatic carbocycles. The fourth-order valence-corrected chi connectivity index (χ4v) is 2.75. The number of nitrogens with one attached hydrogen (secondary N) is 1. The van der Waals surface area contributed by atoms with Crippen molar-refractivity contribution < 1.29 is 9.59 Å². The molecule has 0 unspecified atom stereocenters. The predicted octanol–water partition coefficient (Wildman–Crippen LogP) is 1.10. The van der Waals surface area contributed by atoms with Gasteiger partial charge in [-0.3, -0.25) is 14.3 Å². The third-order valence-corrected chi connectivity index (χ3v) is 3.96. The molecule has 0 radical (unpaired) electrons. The number of halogens is 1. The van der Waals surface area contributed by atoms with Crippen LogP contribution in [-0.2, 0) is 16.1 Å². The van der Waals surface area contributed by atoms with E-state index in [1.54, 1.807) is 34.1 Å². The molecular formula is C15H16ClN5O2. The molecule has 1 saturated heterocycles. The first-order valence-electron chi connectivity index (χ1n) is 7.29. The van der Waals surface area contributed by atoms with Gasteiger partial charge in [0.1, 0.15) is 12.7 Å². The summed E-state index contributed by atoms with van der Waals surface area (Å²) in [4.78, 5) is 29.8. The average molecular weight is 334 g/mol. The van der Waals surface area contributed by atoms with Crippen LogP contribution in [0.4, 0.5) is 5.69 Å². The van der Waals surface area contributed by atoms with Crippen molar-refractivity contribution >= 4 is 29.1 Å². The number of anilines is 1. The van der Waals surface area contributed by atoms with Gasteiger partial charge in [0.2, 0.25) is 11.8 Å². The molecule has 2 amide bonds. The molecule has 1 aliphatic heterocycles. The lowest BCUT2D eigenvalue weighted by Gasteiger charge is -2.17. The van der Waals surface area contributed by atoms with E-state index in [1.165, 1.54) is 6.33 Å². The Hall–Kier alpha value is -2.41. The summed E-state index contributed by atoms with van der Waals surface area (Å²) < 4.78 is 1.64. The Labute approximate surface area is 138 Å². The van der Waals surface area contributed by atoms with Crippen molar-refractivity contribution in [3.05, 3.63) is 41.9 Å². The highest BCUT2D eigenvalue weighted by atomic mass is 35.5. The van der Waals surface area contributed by atoms with E-state index in [0.717, 1.165) is 5.69 Å². The third kappa shape index (κ3) is 3.68. The maximum atomic E-state index is 12.2. The molecule has 0 saturated carbocycles. The molecule has 0 bridgehead atoms. The summed E-state index contributed by atoms with van der Waals surface area (Å²) in [7, 11) is 0. The van der Waals surface area contributed by atoms with Crippen LogP contribution in [-0.4, -0.2) is 39.7 Å². The van der Waals surface area contributed by atoms with E-state index in [4.69, 9.17) is 11.6 Å². The molecule has 1 aromatic heterocycles. The van der Waals surface area contributed by atoms with Crippen molar-refractivity contribution in [3.8, 4) is 0 Å². The summed E-state index contributed by atoms with van der Waals surface area (Å²) >= 11 is 5.96. The molecule has 1 fully saturated rings.